The summed E-state index contributed by atoms with van der Waals surface area (Å²) in [4.78, 5) is 23.0. The number of carbonyl (C=O) groups is 2. The predicted molar refractivity (Wildman–Crippen MR) is 88.5 cm³/mol. The van der Waals surface area contributed by atoms with Gasteiger partial charge < -0.3 is 15.8 Å². The van der Waals surface area contributed by atoms with Crippen molar-refractivity contribution in [1.29, 1.82) is 0 Å². The number of rotatable bonds is 6. The number of benzene rings is 2. The first-order valence-electron chi connectivity index (χ1n) is 7.03. The van der Waals surface area contributed by atoms with Gasteiger partial charge in [-0.2, -0.15) is 0 Å². The van der Waals surface area contributed by atoms with Crippen molar-refractivity contribution < 1.29 is 14.3 Å². The smallest absolute Gasteiger partial charge is 0.258 e. The molecular formula is C17H17ClN2O3. The first-order valence-corrected chi connectivity index (χ1v) is 7.41. The van der Waals surface area contributed by atoms with Crippen LogP contribution in [0.2, 0.25) is 5.02 Å². The van der Waals surface area contributed by atoms with Crippen LogP contribution >= 0.6 is 11.6 Å². The van der Waals surface area contributed by atoms with E-state index < -0.39 is 5.91 Å². The summed E-state index contributed by atoms with van der Waals surface area (Å²) in [6, 6.07) is 13.5. The zero-order chi connectivity index (χ0) is 16.8. The van der Waals surface area contributed by atoms with E-state index in [2.05, 4.69) is 5.32 Å². The number of ether oxygens (including phenoxy) is 1. The van der Waals surface area contributed by atoms with Crippen LogP contribution in [0.1, 0.15) is 28.9 Å². The minimum atomic E-state index is -0.547. The minimum Gasteiger partial charge on any atom is -0.484 e. The Bertz CT molecular complexity index is 718. The minimum absolute atomic E-state index is 0.160. The van der Waals surface area contributed by atoms with Gasteiger partial charge in [0.1, 0.15) is 5.75 Å². The number of halogens is 1. The average molecular weight is 333 g/mol. The van der Waals surface area contributed by atoms with Crippen molar-refractivity contribution >= 4 is 23.4 Å². The molecule has 0 aromatic heterocycles. The van der Waals surface area contributed by atoms with Crippen molar-refractivity contribution in [3.63, 3.8) is 0 Å². The fraction of sp³-hybridized carbons (Fsp3) is 0.176. The lowest BCUT2D eigenvalue weighted by atomic mass is 10.1. The summed E-state index contributed by atoms with van der Waals surface area (Å²) in [7, 11) is 0. The Hall–Kier alpha value is -2.53. The SMILES string of the molecule is C[C@@H](NC(=O)COc1cccc(C(N)=O)c1)c1cccc(Cl)c1. The largest absolute Gasteiger partial charge is 0.484 e. The molecule has 0 aliphatic heterocycles. The second-order valence-corrected chi connectivity index (χ2v) is 5.46. The van der Waals surface area contributed by atoms with Crippen molar-refractivity contribution in [3.05, 3.63) is 64.7 Å². The van der Waals surface area contributed by atoms with E-state index in [4.69, 9.17) is 22.1 Å². The van der Waals surface area contributed by atoms with E-state index in [1.165, 1.54) is 6.07 Å². The third kappa shape index (κ3) is 5.00. The molecule has 0 fully saturated rings. The number of hydrogen-bond acceptors (Lipinski definition) is 3. The third-order valence-corrected chi connectivity index (χ3v) is 3.45. The second kappa shape index (κ2) is 7.65. The molecule has 2 amide bonds. The van der Waals surface area contributed by atoms with Gasteiger partial charge in [0.2, 0.25) is 5.91 Å². The Morgan fingerprint density at radius 1 is 1.22 bits per heavy atom. The van der Waals surface area contributed by atoms with E-state index >= 15 is 0 Å². The van der Waals surface area contributed by atoms with Crippen molar-refractivity contribution in [2.24, 2.45) is 5.73 Å². The molecule has 0 spiro atoms. The predicted octanol–water partition coefficient (Wildman–Crippen LogP) is 2.70. The van der Waals surface area contributed by atoms with Crippen LogP contribution in [0.15, 0.2) is 48.5 Å². The van der Waals surface area contributed by atoms with Gasteiger partial charge in [-0.25, -0.2) is 0 Å². The molecule has 120 valence electrons. The number of nitrogens with one attached hydrogen (secondary N) is 1. The molecule has 1 atom stereocenters. The van der Waals surface area contributed by atoms with Crippen LogP contribution in [-0.4, -0.2) is 18.4 Å². The Labute approximate surface area is 139 Å². The maximum Gasteiger partial charge on any atom is 0.258 e. The van der Waals surface area contributed by atoms with Crippen molar-refractivity contribution in [3.8, 4) is 5.75 Å². The number of primary amides is 1. The zero-order valence-electron chi connectivity index (χ0n) is 12.6. The molecular weight excluding hydrogens is 316 g/mol. The number of carbonyl (C=O) groups excluding carboxylic acids is 2. The molecule has 0 heterocycles. The van der Waals surface area contributed by atoms with Gasteiger partial charge in [-0.1, -0.05) is 29.8 Å². The molecule has 2 aromatic rings. The normalized spacial score (nSPS) is 11.6. The zero-order valence-corrected chi connectivity index (χ0v) is 13.3. The van der Waals surface area contributed by atoms with Crippen LogP contribution in [0, 0.1) is 0 Å². The molecule has 2 rings (SSSR count). The molecule has 0 unspecified atom stereocenters. The molecule has 0 bridgehead atoms. The van der Waals surface area contributed by atoms with Gasteiger partial charge in [0.25, 0.3) is 5.91 Å². The molecule has 0 saturated carbocycles. The molecule has 3 N–H and O–H groups in total. The monoisotopic (exact) mass is 332 g/mol. The highest BCUT2D eigenvalue weighted by molar-refractivity contribution is 6.30. The first-order chi connectivity index (χ1) is 11.0. The van der Waals surface area contributed by atoms with E-state index in [0.29, 0.717) is 16.3 Å². The third-order valence-electron chi connectivity index (χ3n) is 3.21. The van der Waals surface area contributed by atoms with Crippen molar-refractivity contribution in [2.45, 2.75) is 13.0 Å². The Kier molecular flexibility index (Phi) is 5.60. The molecule has 0 aliphatic rings. The molecule has 5 nitrogen and oxygen atoms in total. The molecule has 0 saturated heterocycles. The average Bonchev–Trinajstić information content (AvgIpc) is 2.53. The molecule has 23 heavy (non-hydrogen) atoms. The summed E-state index contributed by atoms with van der Waals surface area (Å²) in [5.74, 6) is -0.414. The van der Waals surface area contributed by atoms with Crippen LogP contribution in [0.25, 0.3) is 0 Å². The topological polar surface area (TPSA) is 81.4 Å². The fourth-order valence-electron chi connectivity index (χ4n) is 2.03. The van der Waals surface area contributed by atoms with Crippen LogP contribution in [0.3, 0.4) is 0 Å². The van der Waals surface area contributed by atoms with Crippen LogP contribution in [-0.2, 0) is 4.79 Å². The highest BCUT2D eigenvalue weighted by Crippen LogP contribution is 2.17. The molecule has 6 heteroatoms. The highest BCUT2D eigenvalue weighted by Gasteiger charge is 2.11. The van der Waals surface area contributed by atoms with E-state index in [1.807, 2.05) is 19.1 Å². The van der Waals surface area contributed by atoms with Crippen molar-refractivity contribution in [2.75, 3.05) is 6.61 Å². The van der Waals surface area contributed by atoms with Crippen LogP contribution in [0.5, 0.6) is 5.75 Å². The van der Waals surface area contributed by atoms with E-state index in [9.17, 15) is 9.59 Å². The summed E-state index contributed by atoms with van der Waals surface area (Å²) in [6.45, 7) is 1.70. The summed E-state index contributed by atoms with van der Waals surface area (Å²) in [5, 5.41) is 3.43. The Morgan fingerprint density at radius 3 is 2.65 bits per heavy atom. The summed E-state index contributed by atoms with van der Waals surface area (Å²) in [6.07, 6.45) is 0. The summed E-state index contributed by atoms with van der Waals surface area (Å²) < 4.78 is 5.37. The number of amides is 2. The van der Waals surface area contributed by atoms with Gasteiger partial charge in [-0.15, -0.1) is 0 Å². The van der Waals surface area contributed by atoms with E-state index in [0.717, 1.165) is 5.56 Å². The summed E-state index contributed by atoms with van der Waals surface area (Å²) >= 11 is 5.93. The summed E-state index contributed by atoms with van der Waals surface area (Å²) in [5.41, 5.74) is 6.43. The highest BCUT2D eigenvalue weighted by atomic mass is 35.5. The van der Waals surface area contributed by atoms with E-state index in [-0.39, 0.29) is 18.6 Å². The van der Waals surface area contributed by atoms with Crippen LogP contribution in [0.4, 0.5) is 0 Å². The lowest BCUT2D eigenvalue weighted by molar-refractivity contribution is -0.123. The molecule has 0 aliphatic carbocycles. The second-order valence-electron chi connectivity index (χ2n) is 5.02. The van der Waals surface area contributed by atoms with E-state index in [1.54, 1.807) is 30.3 Å². The maximum atomic E-state index is 11.9. The fourth-order valence-corrected chi connectivity index (χ4v) is 2.23. The Balaban J connectivity index is 1.90. The standard InChI is InChI=1S/C17H17ClN2O3/c1-11(12-4-2-6-14(18)8-12)20-16(21)10-23-15-7-3-5-13(9-15)17(19)22/h2-9,11H,10H2,1H3,(H2,19,22)(H,20,21)/t11-/m1/s1. The van der Waals surface area contributed by atoms with Gasteiger partial charge in [0, 0.05) is 10.6 Å². The van der Waals surface area contributed by atoms with Gasteiger partial charge >= 0.3 is 0 Å². The molecule has 0 radical (unpaired) electrons. The van der Waals surface area contributed by atoms with Crippen LogP contribution < -0.4 is 15.8 Å². The number of hydrogen-bond donors (Lipinski definition) is 2. The maximum absolute atomic E-state index is 11.9. The number of nitrogens with two attached hydrogens (primary N) is 1. The van der Waals surface area contributed by atoms with Gasteiger partial charge in [0.05, 0.1) is 6.04 Å². The van der Waals surface area contributed by atoms with Gasteiger partial charge in [-0.05, 0) is 42.8 Å². The quantitative estimate of drug-likeness (QED) is 0.853. The first kappa shape index (κ1) is 16.8. The van der Waals surface area contributed by atoms with Gasteiger partial charge in [0.15, 0.2) is 6.61 Å². The van der Waals surface area contributed by atoms with Crippen molar-refractivity contribution in [1.82, 2.24) is 5.32 Å². The Morgan fingerprint density at radius 2 is 1.96 bits per heavy atom. The lowest BCUT2D eigenvalue weighted by Gasteiger charge is -2.15. The molecule has 2 aromatic carbocycles. The lowest BCUT2D eigenvalue weighted by Crippen LogP contribution is -2.31. The van der Waals surface area contributed by atoms with Gasteiger partial charge in [-0.3, -0.25) is 9.59 Å².